The van der Waals surface area contributed by atoms with Gasteiger partial charge >= 0.3 is 5.97 Å². The minimum Gasteiger partial charge on any atom is -0.468 e. The number of esters is 1. The second-order valence-electron chi connectivity index (χ2n) is 2.12. The summed E-state index contributed by atoms with van der Waals surface area (Å²) in [4.78, 5) is 10.9. The summed E-state index contributed by atoms with van der Waals surface area (Å²) in [6, 6.07) is -0.0637. The van der Waals surface area contributed by atoms with Crippen molar-refractivity contribution in [3.05, 3.63) is 0 Å². The number of hydrogen-bond acceptors (Lipinski definition) is 4. The Morgan fingerprint density at radius 1 is 1.80 bits per heavy atom. The normalized spacial score (nSPS) is 25.9. The molecule has 0 aromatic carbocycles. The van der Waals surface area contributed by atoms with Gasteiger partial charge in [0.25, 0.3) is 0 Å². The van der Waals surface area contributed by atoms with Gasteiger partial charge in [-0.15, -0.1) is 11.8 Å². The fourth-order valence-electron chi connectivity index (χ4n) is 0.878. The van der Waals surface area contributed by atoms with Crippen molar-refractivity contribution in [2.75, 3.05) is 18.7 Å². The highest BCUT2D eigenvalue weighted by Gasteiger charge is 2.20. The molecule has 0 aliphatic carbocycles. The Morgan fingerprint density at radius 3 is 3.10 bits per heavy atom. The number of nitrogens with one attached hydrogen (secondary N) is 1. The molecule has 1 N–H and O–H groups in total. The van der Waals surface area contributed by atoms with Crippen molar-refractivity contribution in [1.29, 1.82) is 0 Å². The molecular weight excluding hydrogens is 150 g/mol. The van der Waals surface area contributed by atoms with Gasteiger partial charge < -0.3 is 4.74 Å². The lowest BCUT2D eigenvalue weighted by Crippen LogP contribution is -2.40. The average molecular weight is 161 g/mol. The maximum absolute atomic E-state index is 10.9. The van der Waals surface area contributed by atoms with Gasteiger partial charge in [0, 0.05) is 5.88 Å². The molecule has 1 unspecified atom stereocenters. The quantitative estimate of drug-likeness (QED) is 0.558. The van der Waals surface area contributed by atoms with Crippen LogP contribution in [-0.4, -0.2) is 30.8 Å². The second-order valence-corrected chi connectivity index (χ2v) is 3.23. The molecule has 10 heavy (non-hydrogen) atoms. The molecule has 0 aromatic rings. The molecule has 0 bridgehead atoms. The van der Waals surface area contributed by atoms with E-state index >= 15 is 0 Å². The predicted molar refractivity (Wildman–Crippen MR) is 40.9 cm³/mol. The van der Waals surface area contributed by atoms with E-state index < -0.39 is 0 Å². The third-order valence-corrected chi connectivity index (χ3v) is 2.36. The number of carbonyl (C=O) groups is 1. The number of carbonyl (C=O) groups excluding carboxylic acids is 1. The number of rotatable bonds is 1. The van der Waals surface area contributed by atoms with Gasteiger partial charge in [-0.05, 0) is 12.2 Å². The van der Waals surface area contributed by atoms with Crippen LogP contribution in [0.3, 0.4) is 0 Å². The van der Waals surface area contributed by atoms with Crippen LogP contribution < -0.4 is 5.32 Å². The van der Waals surface area contributed by atoms with Gasteiger partial charge in [0.15, 0.2) is 0 Å². The monoisotopic (exact) mass is 161 g/mol. The van der Waals surface area contributed by atoms with E-state index in [4.69, 9.17) is 0 Å². The van der Waals surface area contributed by atoms with Crippen molar-refractivity contribution in [2.24, 2.45) is 0 Å². The highest BCUT2D eigenvalue weighted by atomic mass is 32.2. The maximum atomic E-state index is 10.9. The lowest BCUT2D eigenvalue weighted by atomic mass is 10.2. The van der Waals surface area contributed by atoms with E-state index in [0.717, 1.165) is 18.1 Å². The standard InChI is InChI=1S/C6H11NO2S/c1-9-6(8)5-2-3-10-4-7-5/h5,7H,2-4H2,1H3. The maximum Gasteiger partial charge on any atom is 0.322 e. The lowest BCUT2D eigenvalue weighted by molar-refractivity contribution is -0.143. The first-order chi connectivity index (χ1) is 4.84. The summed E-state index contributed by atoms with van der Waals surface area (Å²) >= 11 is 1.81. The Kier molecular flexibility index (Phi) is 3.02. The molecular formula is C6H11NO2S. The molecule has 1 saturated heterocycles. The molecule has 0 radical (unpaired) electrons. The largest absolute Gasteiger partial charge is 0.468 e. The first kappa shape index (κ1) is 7.88. The Bertz CT molecular complexity index is 123. The third kappa shape index (κ3) is 1.88. The van der Waals surface area contributed by atoms with Crippen LogP contribution in [0.15, 0.2) is 0 Å². The molecule has 1 atom stereocenters. The predicted octanol–water partition coefficient (Wildman–Crippen LogP) is 0.212. The Balaban J connectivity index is 2.31. The van der Waals surface area contributed by atoms with Crippen LogP contribution in [0.2, 0.25) is 0 Å². The zero-order valence-corrected chi connectivity index (χ0v) is 6.74. The highest BCUT2D eigenvalue weighted by Crippen LogP contribution is 2.10. The number of methoxy groups -OCH3 is 1. The number of ether oxygens (including phenoxy) is 1. The minimum atomic E-state index is -0.139. The zero-order chi connectivity index (χ0) is 7.40. The third-order valence-electron chi connectivity index (χ3n) is 1.47. The molecule has 1 fully saturated rings. The summed E-state index contributed by atoms with van der Waals surface area (Å²) in [5, 5.41) is 3.06. The Morgan fingerprint density at radius 2 is 2.60 bits per heavy atom. The molecule has 1 heterocycles. The molecule has 58 valence electrons. The van der Waals surface area contributed by atoms with Crippen molar-refractivity contribution >= 4 is 17.7 Å². The molecule has 4 heteroatoms. The molecule has 1 aliphatic rings. The molecule has 0 amide bonds. The van der Waals surface area contributed by atoms with Crippen LogP contribution in [0, 0.1) is 0 Å². The average Bonchev–Trinajstić information content (AvgIpc) is 2.05. The lowest BCUT2D eigenvalue weighted by Gasteiger charge is -2.20. The van der Waals surface area contributed by atoms with E-state index in [9.17, 15) is 4.79 Å². The molecule has 1 rings (SSSR count). The first-order valence-corrected chi connectivity index (χ1v) is 4.39. The fourth-order valence-corrected chi connectivity index (χ4v) is 1.74. The number of thioether (sulfide) groups is 1. The smallest absolute Gasteiger partial charge is 0.322 e. The molecule has 0 saturated carbocycles. The van der Waals surface area contributed by atoms with Gasteiger partial charge in [-0.1, -0.05) is 0 Å². The fraction of sp³-hybridized carbons (Fsp3) is 0.833. The SMILES string of the molecule is COC(=O)C1CCSCN1. The van der Waals surface area contributed by atoms with Gasteiger partial charge in [-0.25, -0.2) is 0 Å². The topological polar surface area (TPSA) is 38.3 Å². The van der Waals surface area contributed by atoms with E-state index in [2.05, 4.69) is 10.1 Å². The van der Waals surface area contributed by atoms with Crippen LogP contribution in [-0.2, 0) is 9.53 Å². The van der Waals surface area contributed by atoms with Crippen molar-refractivity contribution in [2.45, 2.75) is 12.5 Å². The summed E-state index contributed by atoms with van der Waals surface area (Å²) in [6.07, 6.45) is 0.886. The van der Waals surface area contributed by atoms with Gasteiger partial charge in [0.05, 0.1) is 7.11 Å². The van der Waals surface area contributed by atoms with E-state index in [1.54, 1.807) is 0 Å². The summed E-state index contributed by atoms with van der Waals surface area (Å²) in [7, 11) is 1.42. The summed E-state index contributed by atoms with van der Waals surface area (Å²) in [6.45, 7) is 0. The van der Waals surface area contributed by atoms with E-state index in [-0.39, 0.29) is 12.0 Å². The summed E-state index contributed by atoms with van der Waals surface area (Å²) in [5.74, 6) is 1.77. The van der Waals surface area contributed by atoms with Crippen molar-refractivity contribution in [3.8, 4) is 0 Å². The van der Waals surface area contributed by atoms with Crippen LogP contribution in [0.1, 0.15) is 6.42 Å². The summed E-state index contributed by atoms with van der Waals surface area (Å²) < 4.78 is 4.58. The molecule has 0 aromatic heterocycles. The van der Waals surface area contributed by atoms with Crippen LogP contribution in [0.25, 0.3) is 0 Å². The van der Waals surface area contributed by atoms with E-state index in [1.165, 1.54) is 7.11 Å². The van der Waals surface area contributed by atoms with Crippen molar-refractivity contribution in [3.63, 3.8) is 0 Å². The van der Waals surface area contributed by atoms with E-state index in [0.29, 0.717) is 0 Å². The van der Waals surface area contributed by atoms with Crippen molar-refractivity contribution < 1.29 is 9.53 Å². The van der Waals surface area contributed by atoms with Crippen LogP contribution >= 0.6 is 11.8 Å². The number of hydrogen-bond donors (Lipinski definition) is 1. The highest BCUT2D eigenvalue weighted by molar-refractivity contribution is 7.99. The molecule has 1 aliphatic heterocycles. The molecule has 0 spiro atoms. The van der Waals surface area contributed by atoms with Gasteiger partial charge in [-0.3, -0.25) is 10.1 Å². The zero-order valence-electron chi connectivity index (χ0n) is 5.92. The van der Waals surface area contributed by atoms with Gasteiger partial charge in [0.2, 0.25) is 0 Å². The van der Waals surface area contributed by atoms with Crippen LogP contribution in [0.4, 0.5) is 0 Å². The van der Waals surface area contributed by atoms with E-state index in [1.807, 2.05) is 11.8 Å². The second kappa shape index (κ2) is 3.83. The van der Waals surface area contributed by atoms with Crippen LogP contribution in [0.5, 0.6) is 0 Å². The van der Waals surface area contributed by atoms with Crippen molar-refractivity contribution in [1.82, 2.24) is 5.32 Å². The van der Waals surface area contributed by atoms with Gasteiger partial charge in [0.1, 0.15) is 6.04 Å². The Hall–Kier alpha value is -0.220. The summed E-state index contributed by atoms with van der Waals surface area (Å²) in [5.41, 5.74) is 0. The molecule has 3 nitrogen and oxygen atoms in total. The first-order valence-electron chi connectivity index (χ1n) is 3.23. The van der Waals surface area contributed by atoms with Gasteiger partial charge in [-0.2, -0.15) is 0 Å². The minimum absolute atomic E-state index is 0.0637. The Labute approximate surface area is 64.5 Å².